The molecule has 138 valence electrons. The zero-order chi connectivity index (χ0) is 18.8. The number of hydrogen-bond donors (Lipinski definition) is 2. The Morgan fingerprint density at radius 2 is 2.00 bits per heavy atom. The number of carbonyl (C=O) groups excluding carboxylic acids is 1. The molecule has 0 saturated carbocycles. The van der Waals surface area contributed by atoms with Gasteiger partial charge in [-0.1, -0.05) is 0 Å². The van der Waals surface area contributed by atoms with Gasteiger partial charge in [-0.15, -0.1) is 0 Å². The second-order valence-corrected chi connectivity index (χ2v) is 6.20. The molecule has 2 N–H and O–H groups in total. The fourth-order valence-electron chi connectivity index (χ4n) is 3.06. The number of ether oxygens (including phenoxy) is 2. The summed E-state index contributed by atoms with van der Waals surface area (Å²) in [5.74, 6) is 0.765. The van der Waals surface area contributed by atoms with Crippen molar-refractivity contribution >= 4 is 5.91 Å². The molecule has 3 aromatic rings. The van der Waals surface area contributed by atoms with Crippen LogP contribution in [-0.4, -0.2) is 29.5 Å². The van der Waals surface area contributed by atoms with Crippen molar-refractivity contribution in [2.75, 3.05) is 13.7 Å². The lowest BCUT2D eigenvalue weighted by Crippen LogP contribution is -2.31. The van der Waals surface area contributed by atoms with E-state index in [0.717, 1.165) is 23.4 Å². The highest BCUT2D eigenvalue weighted by atomic mass is 19.1. The fraction of sp³-hybridized carbons (Fsp3) is 0.200. The molecular formula is C20H18FN3O3. The van der Waals surface area contributed by atoms with Crippen LogP contribution in [0, 0.1) is 5.82 Å². The normalized spacial score (nSPS) is 13.0. The van der Waals surface area contributed by atoms with Gasteiger partial charge < -0.3 is 19.8 Å². The fourth-order valence-corrected chi connectivity index (χ4v) is 3.06. The Hall–Kier alpha value is -3.35. The Morgan fingerprint density at radius 3 is 2.74 bits per heavy atom. The number of methoxy groups -OCH3 is 1. The summed E-state index contributed by atoms with van der Waals surface area (Å²) in [6, 6.07) is 9.51. The van der Waals surface area contributed by atoms with Crippen LogP contribution in [0.5, 0.6) is 11.5 Å². The molecule has 3 heterocycles. The van der Waals surface area contributed by atoms with Gasteiger partial charge in [0, 0.05) is 24.2 Å². The number of carbonyl (C=O) groups is 1. The van der Waals surface area contributed by atoms with Gasteiger partial charge in [-0.25, -0.2) is 4.39 Å². The third kappa shape index (κ3) is 3.48. The molecule has 6 nitrogen and oxygen atoms in total. The molecule has 1 amide bonds. The zero-order valence-electron chi connectivity index (χ0n) is 14.7. The second kappa shape index (κ2) is 7.11. The summed E-state index contributed by atoms with van der Waals surface area (Å²) in [7, 11) is 1.57. The first kappa shape index (κ1) is 17.1. The van der Waals surface area contributed by atoms with Gasteiger partial charge in [-0.3, -0.25) is 9.78 Å². The van der Waals surface area contributed by atoms with Crippen molar-refractivity contribution in [3.8, 4) is 22.8 Å². The predicted molar refractivity (Wildman–Crippen MR) is 97.3 cm³/mol. The largest absolute Gasteiger partial charge is 0.494 e. The molecule has 0 radical (unpaired) electrons. The summed E-state index contributed by atoms with van der Waals surface area (Å²) in [5.41, 5.74) is 3.84. The van der Waals surface area contributed by atoms with Crippen LogP contribution in [0.3, 0.4) is 0 Å². The Morgan fingerprint density at radius 1 is 1.19 bits per heavy atom. The maximum atomic E-state index is 13.0. The van der Waals surface area contributed by atoms with Gasteiger partial charge in [0.05, 0.1) is 30.3 Å². The highest BCUT2D eigenvalue weighted by Gasteiger charge is 2.21. The first-order valence-electron chi connectivity index (χ1n) is 8.56. The minimum Gasteiger partial charge on any atom is -0.494 e. The highest BCUT2D eigenvalue weighted by Crippen LogP contribution is 2.31. The molecule has 0 bridgehead atoms. The summed E-state index contributed by atoms with van der Waals surface area (Å²) in [5, 5.41) is 2.84. The quantitative estimate of drug-likeness (QED) is 0.727. The highest BCUT2D eigenvalue weighted by molar-refractivity contribution is 5.98. The van der Waals surface area contributed by atoms with Crippen LogP contribution in [-0.2, 0) is 13.0 Å². The van der Waals surface area contributed by atoms with Crippen LogP contribution in [0.25, 0.3) is 11.3 Å². The van der Waals surface area contributed by atoms with Crippen LogP contribution in [0.1, 0.15) is 21.7 Å². The van der Waals surface area contributed by atoms with E-state index in [-0.39, 0.29) is 18.3 Å². The maximum Gasteiger partial charge on any atom is 0.253 e. The van der Waals surface area contributed by atoms with Crippen molar-refractivity contribution in [2.24, 2.45) is 0 Å². The van der Waals surface area contributed by atoms with Gasteiger partial charge >= 0.3 is 0 Å². The number of nitrogens with one attached hydrogen (secondary N) is 2. The molecule has 27 heavy (non-hydrogen) atoms. The van der Waals surface area contributed by atoms with E-state index in [0.29, 0.717) is 29.3 Å². The molecule has 0 fully saturated rings. The number of pyridine rings is 1. The second-order valence-electron chi connectivity index (χ2n) is 6.20. The van der Waals surface area contributed by atoms with E-state index >= 15 is 0 Å². The van der Waals surface area contributed by atoms with Gasteiger partial charge in [-0.05, 0) is 36.4 Å². The molecule has 7 heteroatoms. The summed E-state index contributed by atoms with van der Waals surface area (Å²) >= 11 is 0. The number of aromatic amines is 1. The standard InChI is InChI=1S/C20H18FN3O3/c1-26-19-10-23-13(11-27-14-4-2-12(21)3-5-14)8-15(19)18-9-16-17(24-18)6-7-22-20(16)25/h2-5,8-10,24H,6-7,11H2,1H3,(H,22,25). The van der Waals surface area contributed by atoms with Crippen LogP contribution in [0.15, 0.2) is 42.6 Å². The van der Waals surface area contributed by atoms with E-state index in [1.165, 1.54) is 12.1 Å². The first-order valence-corrected chi connectivity index (χ1v) is 8.56. The maximum absolute atomic E-state index is 13.0. The van der Waals surface area contributed by atoms with Crippen LogP contribution >= 0.6 is 0 Å². The number of hydrogen-bond acceptors (Lipinski definition) is 4. The Labute approximate surface area is 155 Å². The monoisotopic (exact) mass is 367 g/mol. The van der Waals surface area contributed by atoms with Crippen molar-refractivity contribution in [2.45, 2.75) is 13.0 Å². The number of fused-ring (bicyclic) bond motifs is 1. The lowest BCUT2D eigenvalue weighted by Gasteiger charge is -2.11. The Balaban J connectivity index is 1.61. The summed E-state index contributed by atoms with van der Waals surface area (Å²) in [6.07, 6.45) is 2.38. The molecule has 2 aromatic heterocycles. The topological polar surface area (TPSA) is 76.2 Å². The van der Waals surface area contributed by atoms with Crippen molar-refractivity contribution in [3.05, 3.63) is 65.4 Å². The number of benzene rings is 1. The number of aromatic nitrogens is 2. The smallest absolute Gasteiger partial charge is 0.253 e. The molecule has 4 rings (SSSR count). The van der Waals surface area contributed by atoms with Gasteiger partial charge in [0.15, 0.2) is 0 Å². The molecule has 1 aliphatic heterocycles. The Kier molecular flexibility index (Phi) is 4.50. The van der Waals surface area contributed by atoms with Gasteiger partial charge in [0.25, 0.3) is 5.91 Å². The van der Waals surface area contributed by atoms with E-state index in [1.54, 1.807) is 25.4 Å². The average molecular weight is 367 g/mol. The van der Waals surface area contributed by atoms with E-state index < -0.39 is 0 Å². The van der Waals surface area contributed by atoms with E-state index in [2.05, 4.69) is 15.3 Å². The number of H-pyrrole nitrogens is 1. The molecule has 1 aromatic carbocycles. The third-order valence-electron chi connectivity index (χ3n) is 4.44. The molecule has 0 saturated heterocycles. The first-order chi connectivity index (χ1) is 13.1. The molecule has 1 aliphatic rings. The van der Waals surface area contributed by atoms with E-state index in [4.69, 9.17) is 9.47 Å². The van der Waals surface area contributed by atoms with E-state index in [1.807, 2.05) is 12.1 Å². The lowest BCUT2D eigenvalue weighted by atomic mass is 10.1. The predicted octanol–water partition coefficient (Wildman–Crippen LogP) is 3.09. The molecule has 0 unspecified atom stereocenters. The number of rotatable bonds is 5. The minimum atomic E-state index is -0.313. The average Bonchev–Trinajstić information content (AvgIpc) is 3.13. The summed E-state index contributed by atoms with van der Waals surface area (Å²) in [4.78, 5) is 19.7. The summed E-state index contributed by atoms with van der Waals surface area (Å²) < 4.78 is 24.1. The molecule has 0 spiro atoms. The van der Waals surface area contributed by atoms with Gasteiger partial charge in [0.2, 0.25) is 0 Å². The minimum absolute atomic E-state index is 0.0772. The number of halogens is 1. The van der Waals surface area contributed by atoms with Gasteiger partial charge in [-0.2, -0.15) is 0 Å². The van der Waals surface area contributed by atoms with Crippen LogP contribution in [0.2, 0.25) is 0 Å². The van der Waals surface area contributed by atoms with Crippen molar-refractivity contribution < 1.29 is 18.7 Å². The molecular weight excluding hydrogens is 349 g/mol. The van der Waals surface area contributed by atoms with Crippen molar-refractivity contribution in [1.29, 1.82) is 0 Å². The van der Waals surface area contributed by atoms with Crippen molar-refractivity contribution in [1.82, 2.24) is 15.3 Å². The third-order valence-corrected chi connectivity index (χ3v) is 4.44. The summed E-state index contributed by atoms with van der Waals surface area (Å²) in [6.45, 7) is 0.847. The van der Waals surface area contributed by atoms with E-state index in [9.17, 15) is 9.18 Å². The van der Waals surface area contributed by atoms with Crippen LogP contribution in [0.4, 0.5) is 4.39 Å². The van der Waals surface area contributed by atoms with Gasteiger partial charge in [0.1, 0.15) is 23.9 Å². The number of amides is 1. The molecule has 0 aliphatic carbocycles. The van der Waals surface area contributed by atoms with Crippen LogP contribution < -0.4 is 14.8 Å². The Bertz CT molecular complexity index is 983. The lowest BCUT2D eigenvalue weighted by molar-refractivity contribution is 0.0946. The number of nitrogens with zero attached hydrogens (tertiary/aromatic N) is 1. The SMILES string of the molecule is COc1cnc(COc2ccc(F)cc2)cc1-c1cc2c([nH]1)CCNC2=O. The van der Waals surface area contributed by atoms with Crippen molar-refractivity contribution in [3.63, 3.8) is 0 Å². The molecule has 0 atom stereocenters. The zero-order valence-corrected chi connectivity index (χ0v) is 14.7.